The summed E-state index contributed by atoms with van der Waals surface area (Å²) >= 11 is 0. The average molecular weight is 438 g/mol. The van der Waals surface area contributed by atoms with E-state index in [1.165, 1.54) is 0 Å². The molecule has 0 spiro atoms. The summed E-state index contributed by atoms with van der Waals surface area (Å²) < 4.78 is 13.3. The summed E-state index contributed by atoms with van der Waals surface area (Å²) in [6, 6.07) is 24.8. The second kappa shape index (κ2) is 9.00. The Morgan fingerprint density at radius 3 is 2.45 bits per heavy atom. The van der Waals surface area contributed by atoms with Crippen LogP contribution >= 0.6 is 0 Å². The van der Waals surface area contributed by atoms with Crippen molar-refractivity contribution in [1.29, 1.82) is 0 Å². The molecule has 1 N–H and O–H groups in total. The van der Waals surface area contributed by atoms with E-state index < -0.39 is 0 Å². The minimum absolute atomic E-state index is 0.137. The van der Waals surface area contributed by atoms with Gasteiger partial charge in [0.25, 0.3) is 0 Å². The Kier molecular flexibility index (Phi) is 5.59. The first-order valence-corrected chi connectivity index (χ1v) is 10.7. The Morgan fingerprint density at radius 1 is 0.939 bits per heavy atom. The molecule has 2 heterocycles. The molecule has 0 aliphatic carbocycles. The van der Waals surface area contributed by atoms with Crippen LogP contribution in [0.5, 0.6) is 5.75 Å². The van der Waals surface area contributed by atoms with Gasteiger partial charge in [-0.3, -0.25) is 4.79 Å². The largest absolute Gasteiger partial charge is 0.494 e. The summed E-state index contributed by atoms with van der Waals surface area (Å²) in [4.78, 5) is 12.8. The number of carbonyl (C=O) groups is 1. The highest BCUT2D eigenvalue weighted by atomic mass is 16.5. The molecular weight excluding hydrogens is 416 g/mol. The van der Waals surface area contributed by atoms with E-state index in [-0.39, 0.29) is 12.5 Å². The lowest BCUT2D eigenvalue weighted by atomic mass is 10.2. The van der Waals surface area contributed by atoms with Crippen LogP contribution in [0, 0.1) is 0 Å². The van der Waals surface area contributed by atoms with E-state index in [1.807, 2.05) is 96.6 Å². The van der Waals surface area contributed by atoms with E-state index in [1.54, 1.807) is 0 Å². The maximum absolute atomic E-state index is 12.8. The van der Waals surface area contributed by atoms with Crippen molar-refractivity contribution in [2.45, 2.75) is 13.5 Å². The van der Waals surface area contributed by atoms with Crippen LogP contribution < -0.4 is 10.1 Å². The monoisotopic (exact) mass is 438 g/mol. The molecule has 1 amide bonds. The van der Waals surface area contributed by atoms with Crippen LogP contribution in [0.15, 0.2) is 89.5 Å². The lowest BCUT2D eigenvalue weighted by Gasteiger charge is -2.08. The van der Waals surface area contributed by atoms with Crippen molar-refractivity contribution in [3.05, 3.63) is 85.1 Å². The maximum Gasteiger partial charge on any atom is 0.250 e. The highest BCUT2D eigenvalue weighted by Gasteiger charge is 2.17. The van der Waals surface area contributed by atoms with E-state index in [0.717, 1.165) is 27.8 Å². The Morgan fingerprint density at radius 2 is 1.67 bits per heavy atom. The second-order valence-corrected chi connectivity index (χ2v) is 7.47. The molecule has 0 atom stereocenters. The van der Waals surface area contributed by atoms with E-state index in [2.05, 4.69) is 15.5 Å². The zero-order valence-corrected chi connectivity index (χ0v) is 18.1. The summed E-state index contributed by atoms with van der Waals surface area (Å²) in [5.41, 5.74) is 3.27. The van der Waals surface area contributed by atoms with Crippen molar-refractivity contribution in [1.82, 2.24) is 14.8 Å². The SMILES string of the molecule is CCOc1ccc(NC(=O)Cn2cc(-c3nnc(-c4ccccc4)o3)c3ccccc32)cc1. The number of benzene rings is 3. The maximum atomic E-state index is 12.8. The Hall–Kier alpha value is -4.39. The van der Waals surface area contributed by atoms with Crippen LogP contribution in [0.25, 0.3) is 33.8 Å². The van der Waals surface area contributed by atoms with Gasteiger partial charge in [0.05, 0.1) is 12.2 Å². The highest BCUT2D eigenvalue weighted by Crippen LogP contribution is 2.31. The zero-order valence-electron chi connectivity index (χ0n) is 18.1. The Balaban J connectivity index is 1.40. The van der Waals surface area contributed by atoms with Gasteiger partial charge in [-0.2, -0.15) is 0 Å². The minimum Gasteiger partial charge on any atom is -0.494 e. The van der Waals surface area contributed by atoms with Gasteiger partial charge in [-0.1, -0.05) is 36.4 Å². The van der Waals surface area contributed by atoms with Crippen molar-refractivity contribution in [3.8, 4) is 28.7 Å². The van der Waals surface area contributed by atoms with E-state index in [0.29, 0.717) is 24.1 Å². The van der Waals surface area contributed by atoms with Crippen molar-refractivity contribution >= 4 is 22.5 Å². The van der Waals surface area contributed by atoms with Gasteiger partial charge in [-0.05, 0) is 49.4 Å². The molecule has 5 rings (SSSR count). The summed E-state index contributed by atoms with van der Waals surface area (Å²) in [5, 5.41) is 12.3. The van der Waals surface area contributed by atoms with Crippen LogP contribution in [0.1, 0.15) is 6.92 Å². The fraction of sp³-hybridized carbons (Fsp3) is 0.115. The average Bonchev–Trinajstić information content (AvgIpc) is 3.47. The first-order chi connectivity index (χ1) is 16.2. The molecule has 164 valence electrons. The number of fused-ring (bicyclic) bond motifs is 1. The van der Waals surface area contributed by atoms with Gasteiger partial charge in [-0.15, -0.1) is 10.2 Å². The summed E-state index contributed by atoms with van der Waals surface area (Å²) in [6.07, 6.45) is 1.88. The summed E-state index contributed by atoms with van der Waals surface area (Å²) in [5.74, 6) is 1.50. The van der Waals surface area contributed by atoms with Crippen molar-refractivity contribution in [2.75, 3.05) is 11.9 Å². The number of hydrogen-bond acceptors (Lipinski definition) is 5. The number of aromatic nitrogens is 3. The molecule has 0 bridgehead atoms. The predicted molar refractivity (Wildman–Crippen MR) is 127 cm³/mol. The molecule has 0 unspecified atom stereocenters. The Bertz CT molecular complexity index is 1390. The molecule has 2 aromatic heterocycles. The lowest BCUT2D eigenvalue weighted by Crippen LogP contribution is -2.18. The molecule has 0 saturated heterocycles. The smallest absolute Gasteiger partial charge is 0.250 e. The van der Waals surface area contributed by atoms with Crippen LogP contribution in [-0.2, 0) is 11.3 Å². The fourth-order valence-electron chi connectivity index (χ4n) is 3.73. The van der Waals surface area contributed by atoms with Crippen LogP contribution in [0.3, 0.4) is 0 Å². The minimum atomic E-state index is -0.137. The fourth-order valence-corrected chi connectivity index (χ4v) is 3.73. The number of hydrogen-bond donors (Lipinski definition) is 1. The first kappa shape index (κ1) is 20.5. The first-order valence-electron chi connectivity index (χ1n) is 10.7. The number of para-hydroxylation sites is 1. The highest BCUT2D eigenvalue weighted by molar-refractivity contribution is 5.96. The molecule has 7 heteroatoms. The third-order valence-corrected chi connectivity index (χ3v) is 5.23. The molecule has 0 aliphatic rings. The lowest BCUT2D eigenvalue weighted by molar-refractivity contribution is -0.116. The standard InChI is InChI=1S/C26H22N4O3/c1-2-32-20-14-12-19(13-15-20)27-24(31)17-30-16-22(21-10-6-7-11-23(21)30)26-29-28-25(33-26)18-8-4-3-5-9-18/h3-16H,2,17H2,1H3,(H,27,31). The third kappa shape index (κ3) is 4.34. The van der Waals surface area contributed by atoms with Gasteiger partial charge in [0.1, 0.15) is 12.3 Å². The van der Waals surface area contributed by atoms with Crippen LogP contribution in [0.2, 0.25) is 0 Å². The van der Waals surface area contributed by atoms with Gasteiger partial charge >= 0.3 is 0 Å². The number of rotatable bonds is 7. The van der Waals surface area contributed by atoms with Gasteiger partial charge < -0.3 is 19.0 Å². The normalized spacial score (nSPS) is 10.9. The second-order valence-electron chi connectivity index (χ2n) is 7.47. The molecule has 5 aromatic rings. The quantitative estimate of drug-likeness (QED) is 0.368. The number of amides is 1. The van der Waals surface area contributed by atoms with E-state index in [4.69, 9.17) is 9.15 Å². The number of carbonyl (C=O) groups excluding carboxylic acids is 1. The van der Waals surface area contributed by atoms with Crippen LogP contribution in [0.4, 0.5) is 5.69 Å². The third-order valence-electron chi connectivity index (χ3n) is 5.23. The molecule has 0 radical (unpaired) electrons. The molecule has 3 aromatic carbocycles. The molecule has 0 aliphatic heterocycles. The number of anilines is 1. The molecule has 0 saturated carbocycles. The van der Waals surface area contributed by atoms with E-state index >= 15 is 0 Å². The van der Waals surface area contributed by atoms with Gasteiger partial charge in [-0.25, -0.2) is 0 Å². The number of ether oxygens (including phenoxy) is 1. The zero-order chi connectivity index (χ0) is 22.6. The topological polar surface area (TPSA) is 82.2 Å². The number of nitrogens with one attached hydrogen (secondary N) is 1. The molecular formula is C26H22N4O3. The van der Waals surface area contributed by atoms with E-state index in [9.17, 15) is 4.79 Å². The molecule has 7 nitrogen and oxygen atoms in total. The summed E-state index contributed by atoms with van der Waals surface area (Å²) in [7, 11) is 0. The predicted octanol–water partition coefficient (Wildman–Crippen LogP) is 5.40. The van der Waals surface area contributed by atoms with Crippen LogP contribution in [-0.4, -0.2) is 27.3 Å². The van der Waals surface area contributed by atoms with Crippen molar-refractivity contribution < 1.29 is 13.9 Å². The number of nitrogens with zero attached hydrogens (tertiary/aromatic N) is 3. The van der Waals surface area contributed by atoms with Gasteiger partial charge in [0.2, 0.25) is 17.7 Å². The van der Waals surface area contributed by atoms with Gasteiger partial charge in [0.15, 0.2) is 0 Å². The summed E-state index contributed by atoms with van der Waals surface area (Å²) in [6.45, 7) is 2.68. The van der Waals surface area contributed by atoms with Crippen molar-refractivity contribution in [3.63, 3.8) is 0 Å². The van der Waals surface area contributed by atoms with Gasteiger partial charge in [0, 0.05) is 28.4 Å². The molecule has 33 heavy (non-hydrogen) atoms. The Labute approximate surface area is 190 Å². The molecule has 0 fully saturated rings. The van der Waals surface area contributed by atoms with Crippen molar-refractivity contribution in [2.24, 2.45) is 0 Å².